The summed E-state index contributed by atoms with van der Waals surface area (Å²) in [6, 6.07) is 6.35. The number of benzene rings is 1. The van der Waals surface area contributed by atoms with Crippen molar-refractivity contribution in [2.75, 3.05) is 12.0 Å². The Labute approximate surface area is 152 Å². The van der Waals surface area contributed by atoms with Gasteiger partial charge >= 0.3 is 0 Å². The Hall–Kier alpha value is -1.54. The van der Waals surface area contributed by atoms with Crippen LogP contribution in [0.4, 0.5) is 0 Å². The Bertz CT molecular complexity index is 771. The molecule has 1 aromatic rings. The molecule has 25 heavy (non-hydrogen) atoms. The number of nitrogens with zero attached hydrogens (tertiary/aromatic N) is 1. The zero-order valence-electron chi connectivity index (χ0n) is 14.2. The van der Waals surface area contributed by atoms with Crippen LogP contribution in [-0.4, -0.2) is 44.3 Å². The molecule has 0 spiro atoms. The highest BCUT2D eigenvalue weighted by Crippen LogP contribution is 2.23. The van der Waals surface area contributed by atoms with Crippen molar-refractivity contribution in [1.82, 2.24) is 10.0 Å². The monoisotopic (exact) mass is 381 g/mol. The topological polar surface area (TPSA) is 87.6 Å². The molecular formula is C17H23N3O3S2. The van der Waals surface area contributed by atoms with E-state index in [2.05, 4.69) is 15.0 Å². The molecule has 0 saturated heterocycles. The Balaban J connectivity index is 1.84. The van der Waals surface area contributed by atoms with E-state index in [4.69, 9.17) is 0 Å². The molecule has 6 nitrogen and oxygen atoms in total. The Morgan fingerprint density at radius 3 is 2.80 bits per heavy atom. The SMILES string of the molecule is CSCC[C@H](N=C1NS(=O)(=O)c2ccccc21)C(=O)NC1CCCC1. The van der Waals surface area contributed by atoms with Crippen LogP contribution in [0.15, 0.2) is 34.2 Å². The molecule has 136 valence electrons. The third-order valence-corrected chi connectivity index (χ3v) is 6.59. The quantitative estimate of drug-likeness (QED) is 0.788. The first-order valence-electron chi connectivity index (χ1n) is 8.50. The molecule has 3 rings (SSSR count). The first-order chi connectivity index (χ1) is 12.0. The van der Waals surface area contributed by atoms with Crippen molar-refractivity contribution in [3.8, 4) is 0 Å². The van der Waals surface area contributed by atoms with Crippen molar-refractivity contribution >= 4 is 33.5 Å². The van der Waals surface area contributed by atoms with E-state index < -0.39 is 16.1 Å². The lowest BCUT2D eigenvalue weighted by molar-refractivity contribution is -0.123. The lowest BCUT2D eigenvalue weighted by Crippen LogP contribution is -2.40. The largest absolute Gasteiger partial charge is 0.352 e. The van der Waals surface area contributed by atoms with Gasteiger partial charge in [0.2, 0.25) is 5.91 Å². The number of carbonyl (C=O) groups excluding carboxylic acids is 1. The van der Waals surface area contributed by atoms with Crippen LogP contribution in [0.2, 0.25) is 0 Å². The normalized spacial score (nSPS) is 21.7. The third kappa shape index (κ3) is 4.17. The van der Waals surface area contributed by atoms with Crippen LogP contribution in [0.25, 0.3) is 0 Å². The summed E-state index contributed by atoms with van der Waals surface area (Å²) in [5.74, 6) is 0.939. The zero-order chi connectivity index (χ0) is 17.9. The maximum absolute atomic E-state index is 12.7. The van der Waals surface area contributed by atoms with Gasteiger partial charge in [-0.2, -0.15) is 11.8 Å². The maximum Gasteiger partial charge on any atom is 0.263 e. The first-order valence-corrected chi connectivity index (χ1v) is 11.4. The highest BCUT2D eigenvalue weighted by Gasteiger charge is 2.32. The number of amidine groups is 1. The van der Waals surface area contributed by atoms with Crippen LogP contribution < -0.4 is 10.0 Å². The number of thioether (sulfide) groups is 1. The van der Waals surface area contributed by atoms with Crippen molar-refractivity contribution in [2.45, 2.75) is 49.1 Å². The number of aliphatic imine (C=N–C) groups is 1. The van der Waals surface area contributed by atoms with Crippen molar-refractivity contribution in [3.05, 3.63) is 29.8 Å². The summed E-state index contributed by atoms with van der Waals surface area (Å²) >= 11 is 1.65. The van der Waals surface area contributed by atoms with E-state index in [1.807, 2.05) is 6.26 Å². The smallest absolute Gasteiger partial charge is 0.263 e. The van der Waals surface area contributed by atoms with Crippen molar-refractivity contribution < 1.29 is 13.2 Å². The van der Waals surface area contributed by atoms with Crippen LogP contribution >= 0.6 is 11.8 Å². The average molecular weight is 382 g/mol. The van der Waals surface area contributed by atoms with Gasteiger partial charge in [0, 0.05) is 11.6 Å². The predicted molar refractivity (Wildman–Crippen MR) is 100 cm³/mol. The van der Waals surface area contributed by atoms with Crippen LogP contribution in [0.3, 0.4) is 0 Å². The average Bonchev–Trinajstić information content (AvgIpc) is 3.18. The van der Waals surface area contributed by atoms with Crippen LogP contribution in [0.5, 0.6) is 0 Å². The Morgan fingerprint density at radius 1 is 1.36 bits per heavy atom. The van der Waals surface area contributed by atoms with Crippen LogP contribution in [0, 0.1) is 0 Å². The van der Waals surface area contributed by atoms with Gasteiger partial charge in [0.05, 0.1) is 4.90 Å². The molecule has 0 radical (unpaired) electrons. The molecule has 8 heteroatoms. The van der Waals surface area contributed by atoms with E-state index in [1.54, 1.807) is 36.0 Å². The molecule has 1 heterocycles. The van der Waals surface area contributed by atoms with E-state index in [0.29, 0.717) is 12.0 Å². The van der Waals surface area contributed by atoms with Gasteiger partial charge in [-0.15, -0.1) is 0 Å². The summed E-state index contributed by atoms with van der Waals surface area (Å²) in [5, 5.41) is 3.07. The number of sulfonamides is 1. The summed E-state index contributed by atoms with van der Waals surface area (Å²) in [6.45, 7) is 0. The second-order valence-electron chi connectivity index (χ2n) is 6.37. The highest BCUT2D eigenvalue weighted by atomic mass is 32.2. The fourth-order valence-electron chi connectivity index (χ4n) is 3.24. The fourth-order valence-corrected chi connectivity index (χ4v) is 4.93. The maximum atomic E-state index is 12.7. The van der Waals surface area contributed by atoms with Crippen molar-refractivity contribution in [2.24, 2.45) is 4.99 Å². The standard InChI is InChI=1S/C17H23N3O3S2/c1-24-11-10-14(17(21)18-12-6-2-3-7-12)19-16-13-8-4-5-9-15(13)25(22,23)20-16/h4-5,8-9,12,14H,2-3,6-7,10-11H2,1H3,(H,18,21)(H,19,20)/t14-/m0/s1. The zero-order valence-corrected chi connectivity index (χ0v) is 15.8. The molecule has 2 N–H and O–H groups in total. The minimum absolute atomic E-state index is 0.114. The molecule has 1 saturated carbocycles. The second kappa shape index (κ2) is 7.78. The Kier molecular flexibility index (Phi) is 5.68. The summed E-state index contributed by atoms with van der Waals surface area (Å²) in [5.41, 5.74) is 0.533. The van der Waals surface area contributed by atoms with Crippen molar-refractivity contribution in [3.63, 3.8) is 0 Å². The molecule has 0 aromatic heterocycles. The first kappa shape index (κ1) is 18.3. The van der Waals surface area contributed by atoms with E-state index >= 15 is 0 Å². The van der Waals surface area contributed by atoms with E-state index in [0.717, 1.165) is 31.4 Å². The minimum atomic E-state index is -3.59. The van der Waals surface area contributed by atoms with Gasteiger partial charge in [-0.1, -0.05) is 25.0 Å². The summed E-state index contributed by atoms with van der Waals surface area (Å²) in [7, 11) is -3.59. The van der Waals surface area contributed by atoms with Crippen molar-refractivity contribution in [1.29, 1.82) is 0 Å². The highest BCUT2D eigenvalue weighted by molar-refractivity contribution is 7.98. The lowest BCUT2D eigenvalue weighted by atomic mass is 10.1. The number of amides is 1. The molecule has 1 fully saturated rings. The predicted octanol–water partition coefficient (Wildman–Crippen LogP) is 1.91. The van der Waals surface area contributed by atoms with Gasteiger partial charge in [-0.3, -0.25) is 14.5 Å². The number of carbonyl (C=O) groups is 1. The van der Waals surface area contributed by atoms with Gasteiger partial charge < -0.3 is 5.32 Å². The number of fused-ring (bicyclic) bond motifs is 1. The lowest BCUT2D eigenvalue weighted by Gasteiger charge is -2.17. The molecule has 1 aromatic carbocycles. The fraction of sp³-hybridized carbons (Fsp3) is 0.529. The van der Waals surface area contributed by atoms with E-state index in [1.165, 1.54) is 0 Å². The molecule has 0 unspecified atom stereocenters. The van der Waals surface area contributed by atoms with Gasteiger partial charge in [0.1, 0.15) is 11.9 Å². The molecule has 1 aliphatic carbocycles. The van der Waals surface area contributed by atoms with Gasteiger partial charge in [-0.25, -0.2) is 8.42 Å². The Morgan fingerprint density at radius 2 is 2.08 bits per heavy atom. The number of nitrogens with one attached hydrogen (secondary N) is 2. The number of hydrogen-bond acceptors (Lipinski definition) is 5. The van der Waals surface area contributed by atoms with Gasteiger partial charge in [0.25, 0.3) is 10.0 Å². The molecule has 1 atom stereocenters. The van der Waals surface area contributed by atoms with Gasteiger partial charge in [0.15, 0.2) is 0 Å². The summed E-state index contributed by atoms with van der Waals surface area (Å²) < 4.78 is 26.9. The number of hydrogen-bond donors (Lipinski definition) is 2. The van der Waals surface area contributed by atoms with Gasteiger partial charge in [-0.05, 0) is 43.4 Å². The third-order valence-electron chi connectivity index (χ3n) is 4.55. The molecule has 1 aliphatic heterocycles. The second-order valence-corrected chi connectivity index (χ2v) is 9.00. The summed E-state index contributed by atoms with van der Waals surface area (Å²) in [4.78, 5) is 17.4. The van der Waals surface area contributed by atoms with E-state index in [9.17, 15) is 13.2 Å². The molecule has 0 bridgehead atoms. The van der Waals surface area contributed by atoms with Crippen LogP contribution in [-0.2, 0) is 14.8 Å². The van der Waals surface area contributed by atoms with Crippen LogP contribution in [0.1, 0.15) is 37.7 Å². The molecule has 1 amide bonds. The summed E-state index contributed by atoms with van der Waals surface area (Å²) in [6.07, 6.45) is 6.85. The van der Waals surface area contributed by atoms with E-state index in [-0.39, 0.29) is 22.7 Å². The number of rotatable bonds is 6. The molecular weight excluding hydrogens is 358 g/mol. The molecule has 2 aliphatic rings. The minimum Gasteiger partial charge on any atom is -0.352 e.